The molecule has 0 aliphatic carbocycles. The molecule has 0 saturated carbocycles. The Morgan fingerprint density at radius 3 is 2.38 bits per heavy atom. The van der Waals surface area contributed by atoms with E-state index in [1.807, 2.05) is 48.5 Å². The summed E-state index contributed by atoms with van der Waals surface area (Å²) < 4.78 is 5.47. The summed E-state index contributed by atoms with van der Waals surface area (Å²) in [6, 6.07) is 20.1. The number of fused-ring (bicyclic) bond motifs is 3. The maximum atomic E-state index is 13.3. The Bertz CT molecular complexity index is 2510. The first-order valence-electron chi connectivity index (χ1n) is 19.0. The highest BCUT2D eigenvalue weighted by Crippen LogP contribution is 2.26. The van der Waals surface area contributed by atoms with Gasteiger partial charge in [0.15, 0.2) is 11.2 Å². The number of nitrogens with two attached hydrogens (primary N) is 1. The normalized spacial score (nSPS) is 12.0. The van der Waals surface area contributed by atoms with E-state index in [1.165, 1.54) is 18.3 Å². The Morgan fingerprint density at radius 1 is 0.867 bits per heavy atom. The molecule has 1 atom stereocenters. The van der Waals surface area contributed by atoms with Gasteiger partial charge in [-0.3, -0.25) is 29.0 Å². The van der Waals surface area contributed by atoms with Crippen molar-refractivity contribution in [1.29, 1.82) is 0 Å². The number of nitrogen functional groups attached to an aromatic ring is 1. The fourth-order valence-corrected chi connectivity index (χ4v) is 6.12. The topological polar surface area (TPSA) is 264 Å². The smallest absolute Gasteiger partial charge is 0.326 e. The Labute approximate surface area is 343 Å². The van der Waals surface area contributed by atoms with Crippen LogP contribution in [0.15, 0.2) is 83.8 Å². The summed E-state index contributed by atoms with van der Waals surface area (Å²) in [5.74, 6) is 3.49. The second-order valence-corrected chi connectivity index (χ2v) is 13.5. The van der Waals surface area contributed by atoms with E-state index in [9.17, 15) is 33.9 Å². The van der Waals surface area contributed by atoms with Gasteiger partial charge in [0, 0.05) is 54.7 Å². The molecule has 3 heterocycles. The first-order chi connectivity index (χ1) is 29.0. The summed E-state index contributed by atoms with van der Waals surface area (Å²) in [5.41, 5.74) is 9.73. The largest absolute Gasteiger partial charge is 0.480 e. The van der Waals surface area contributed by atoms with Gasteiger partial charge in [0.1, 0.15) is 6.04 Å². The molecule has 0 bridgehead atoms. The van der Waals surface area contributed by atoms with Crippen LogP contribution in [0.5, 0.6) is 0 Å². The molecule has 0 saturated heterocycles. The number of amides is 4. The molecular weight excluding hydrogens is 773 g/mol. The van der Waals surface area contributed by atoms with Gasteiger partial charge >= 0.3 is 5.97 Å². The highest BCUT2D eigenvalue weighted by Gasteiger charge is 2.23. The van der Waals surface area contributed by atoms with Gasteiger partial charge in [-0.25, -0.2) is 14.8 Å². The summed E-state index contributed by atoms with van der Waals surface area (Å²) in [6.07, 6.45) is 1.27. The number of hydrogen-bond donors (Lipinski definition) is 7. The number of carboxylic acid groups (broad SMARTS) is 1. The molecule has 18 heteroatoms. The molecule has 5 aromatic rings. The lowest BCUT2D eigenvalue weighted by Crippen LogP contribution is -2.41. The summed E-state index contributed by atoms with van der Waals surface area (Å²) in [4.78, 5) is 91.3. The number of aliphatic carboxylic acids is 1. The molecule has 1 unspecified atom stereocenters. The number of para-hydroxylation sites is 1. The van der Waals surface area contributed by atoms with Crippen LogP contribution in [0.3, 0.4) is 0 Å². The number of aromatic amines is 1. The molecule has 18 nitrogen and oxygen atoms in total. The highest BCUT2D eigenvalue weighted by atomic mass is 16.5. The van der Waals surface area contributed by atoms with Gasteiger partial charge in [-0.2, -0.15) is 4.98 Å². The number of benzene rings is 3. The van der Waals surface area contributed by atoms with E-state index in [4.69, 9.17) is 10.5 Å². The molecule has 0 spiro atoms. The van der Waals surface area contributed by atoms with Crippen LogP contribution in [0.4, 0.5) is 17.3 Å². The van der Waals surface area contributed by atoms with Gasteiger partial charge < -0.3 is 41.7 Å². The molecule has 6 rings (SSSR count). The predicted molar refractivity (Wildman–Crippen MR) is 220 cm³/mol. The fourth-order valence-electron chi connectivity index (χ4n) is 6.12. The van der Waals surface area contributed by atoms with E-state index < -0.39 is 29.4 Å². The average molecular weight is 815 g/mol. The summed E-state index contributed by atoms with van der Waals surface area (Å²) in [5, 5.41) is 20.6. The van der Waals surface area contributed by atoms with Crippen molar-refractivity contribution < 1.29 is 33.8 Å². The molecule has 2 aromatic heterocycles. The first-order valence-corrected chi connectivity index (χ1v) is 19.0. The number of nitrogens with zero attached hydrogens (tertiary/aromatic N) is 4. The summed E-state index contributed by atoms with van der Waals surface area (Å²) in [7, 11) is 0. The maximum Gasteiger partial charge on any atom is 0.326 e. The summed E-state index contributed by atoms with van der Waals surface area (Å²) >= 11 is 0. The second-order valence-electron chi connectivity index (χ2n) is 13.5. The molecule has 1 aliphatic rings. The van der Waals surface area contributed by atoms with Crippen molar-refractivity contribution in [3.05, 3.63) is 117 Å². The van der Waals surface area contributed by atoms with Crippen LogP contribution < -0.4 is 37.5 Å². The zero-order valence-electron chi connectivity index (χ0n) is 32.3. The third-order valence-corrected chi connectivity index (χ3v) is 9.25. The van der Waals surface area contributed by atoms with Crippen LogP contribution in [-0.4, -0.2) is 87.0 Å². The molecule has 0 fully saturated rings. The molecule has 1 aliphatic heterocycles. The average Bonchev–Trinajstić information content (AvgIpc) is 3.23. The van der Waals surface area contributed by atoms with Crippen LogP contribution in [0.25, 0.3) is 11.2 Å². The maximum absolute atomic E-state index is 13.3. The fraction of sp³-hybridized carbons (Fsp3) is 0.262. The highest BCUT2D eigenvalue weighted by molar-refractivity contribution is 5.97. The van der Waals surface area contributed by atoms with Crippen LogP contribution >= 0.6 is 0 Å². The van der Waals surface area contributed by atoms with Gasteiger partial charge in [0.05, 0.1) is 43.9 Å². The minimum Gasteiger partial charge on any atom is -0.480 e. The van der Waals surface area contributed by atoms with Crippen molar-refractivity contribution in [2.45, 2.75) is 44.8 Å². The van der Waals surface area contributed by atoms with Gasteiger partial charge in [-0.05, 0) is 54.4 Å². The third kappa shape index (κ3) is 11.5. The molecule has 8 N–H and O–H groups in total. The van der Waals surface area contributed by atoms with E-state index in [0.717, 1.165) is 22.4 Å². The number of anilines is 3. The van der Waals surface area contributed by atoms with E-state index in [1.54, 1.807) is 17.0 Å². The lowest BCUT2D eigenvalue weighted by atomic mass is 10.0. The minimum absolute atomic E-state index is 0.0440. The van der Waals surface area contributed by atoms with Crippen molar-refractivity contribution in [2.75, 3.05) is 42.3 Å². The zero-order valence-corrected chi connectivity index (χ0v) is 32.3. The Balaban J connectivity index is 0.843. The molecule has 4 amide bonds. The third-order valence-electron chi connectivity index (χ3n) is 9.25. The number of carbonyl (C=O) groups is 5. The van der Waals surface area contributed by atoms with Crippen molar-refractivity contribution in [3.8, 4) is 11.8 Å². The Kier molecular flexibility index (Phi) is 14.1. The molecule has 3 aromatic carbocycles. The Hall–Kier alpha value is -7.65. The number of nitrogens with one attached hydrogen (secondary N) is 5. The number of rotatable bonds is 18. The van der Waals surface area contributed by atoms with E-state index >= 15 is 0 Å². The number of H-pyrrole nitrogens is 1. The summed E-state index contributed by atoms with van der Waals surface area (Å²) in [6.45, 7) is 1.04. The number of aromatic nitrogens is 4. The van der Waals surface area contributed by atoms with Crippen molar-refractivity contribution in [3.63, 3.8) is 0 Å². The monoisotopic (exact) mass is 814 g/mol. The van der Waals surface area contributed by atoms with Crippen molar-refractivity contribution >= 4 is 58.1 Å². The molecule has 60 heavy (non-hydrogen) atoms. The van der Waals surface area contributed by atoms with Gasteiger partial charge in [-0.1, -0.05) is 42.2 Å². The molecule has 308 valence electrons. The van der Waals surface area contributed by atoms with E-state index in [2.05, 4.69) is 53.0 Å². The molecule has 0 radical (unpaired) electrons. The zero-order chi connectivity index (χ0) is 42.4. The van der Waals surface area contributed by atoms with Crippen LogP contribution in [0, 0.1) is 11.8 Å². The minimum atomic E-state index is -1.32. The van der Waals surface area contributed by atoms with E-state index in [0.29, 0.717) is 17.9 Å². The van der Waals surface area contributed by atoms with E-state index in [-0.39, 0.29) is 93.0 Å². The number of carboxylic acids is 1. The number of hydrogen-bond acceptors (Lipinski definition) is 12. The van der Waals surface area contributed by atoms with Crippen LogP contribution in [-0.2, 0) is 37.0 Å². The standard InChI is InChI=1S/C42H42N10O8/c43-42-50-38-37(40(57)51-42)48-31(24-47-38)23-46-30-13-11-28(12-14-30)39(56)49-32(41(58)59)15-16-34(53)45-20-22-60-21-18-35(54)44-19-17-36(55)52-25-29-7-2-1-5-26(29)9-10-27-6-3-4-8-33(27)52/h1-8,11-14,24,32,46H,15-23,25H2,(H,44,54)(H,45,53)(H,49,56)(H,58,59)(H3,43,47,50,51,57). The number of carbonyl (C=O) groups excluding carboxylic acids is 4. The van der Waals surface area contributed by atoms with Gasteiger partial charge in [0.25, 0.3) is 11.5 Å². The second kappa shape index (κ2) is 20.2. The lowest BCUT2D eigenvalue weighted by Gasteiger charge is -2.26. The SMILES string of the molecule is Nc1nc2ncc(CNc3ccc(C(=O)NC(CCC(=O)NCCOCCC(=O)NCCC(=O)N4Cc5ccccc5C#Cc5ccccc54)C(=O)O)cc3)nc2c(=O)[nH]1. The predicted octanol–water partition coefficient (Wildman–Crippen LogP) is 1.85. The Morgan fingerprint density at radius 2 is 1.58 bits per heavy atom. The van der Waals surface area contributed by atoms with Crippen molar-refractivity contribution in [1.82, 2.24) is 35.9 Å². The quantitative estimate of drug-likeness (QED) is 0.0493. The van der Waals surface area contributed by atoms with Crippen LogP contribution in [0.1, 0.15) is 58.4 Å². The number of ether oxygens (including phenoxy) is 1. The first kappa shape index (κ1) is 42.0. The lowest BCUT2D eigenvalue weighted by molar-refractivity contribution is -0.139. The van der Waals surface area contributed by atoms with Crippen LogP contribution in [0.2, 0.25) is 0 Å². The van der Waals surface area contributed by atoms with Gasteiger partial charge in [-0.15, -0.1) is 0 Å². The van der Waals surface area contributed by atoms with Gasteiger partial charge in [0.2, 0.25) is 23.7 Å². The molecular formula is C42H42N10O8. The van der Waals surface area contributed by atoms with Crippen molar-refractivity contribution in [2.24, 2.45) is 0 Å².